The summed E-state index contributed by atoms with van der Waals surface area (Å²) in [5.41, 5.74) is 2.62. The van der Waals surface area contributed by atoms with Gasteiger partial charge >= 0.3 is 0 Å². The van der Waals surface area contributed by atoms with Gasteiger partial charge < -0.3 is 14.6 Å². The Morgan fingerprint density at radius 1 is 1.35 bits per heavy atom. The minimum atomic E-state index is -1.11. The van der Waals surface area contributed by atoms with E-state index in [9.17, 15) is 4.55 Å². The molecule has 1 aromatic rings. The highest BCUT2D eigenvalue weighted by Crippen LogP contribution is 2.52. The molecule has 1 heterocycles. The van der Waals surface area contributed by atoms with Gasteiger partial charge in [0, 0.05) is 30.4 Å². The summed E-state index contributed by atoms with van der Waals surface area (Å²) in [6.45, 7) is 7.87. The van der Waals surface area contributed by atoms with Gasteiger partial charge in [0.15, 0.2) is 0 Å². The Hall–Kier alpha value is -0.590. The highest BCUT2D eigenvalue weighted by molar-refractivity contribution is 7.90. The summed E-state index contributed by atoms with van der Waals surface area (Å²) >= 11 is -1.11. The van der Waals surface area contributed by atoms with Crippen molar-refractivity contribution >= 4 is 11.4 Å². The van der Waals surface area contributed by atoms with E-state index in [0.29, 0.717) is 0 Å². The van der Waals surface area contributed by atoms with Crippen LogP contribution >= 0.6 is 0 Å². The molecule has 3 rings (SSSR count). The Labute approximate surface area is 142 Å². The van der Waals surface area contributed by atoms with Crippen LogP contribution in [0.4, 0.5) is 0 Å². The molecule has 0 saturated carbocycles. The van der Waals surface area contributed by atoms with Gasteiger partial charge in [-0.05, 0) is 51.3 Å². The van der Waals surface area contributed by atoms with Crippen molar-refractivity contribution in [3.63, 3.8) is 0 Å². The van der Waals surface area contributed by atoms with Crippen molar-refractivity contribution in [1.82, 2.24) is 10.0 Å². The Balaban J connectivity index is 1.98. The minimum absolute atomic E-state index is 0.0232. The fourth-order valence-corrected chi connectivity index (χ4v) is 4.91. The van der Waals surface area contributed by atoms with E-state index in [1.54, 1.807) is 7.11 Å². The quantitative estimate of drug-likeness (QED) is 0.832. The topological polar surface area (TPSA) is 56.3 Å². The lowest BCUT2D eigenvalue weighted by Crippen LogP contribution is -2.56. The molecule has 1 aliphatic heterocycles. The lowest BCUT2D eigenvalue weighted by molar-refractivity contribution is -0.0450. The number of ether oxygens (including phenoxy) is 1. The zero-order valence-electron chi connectivity index (χ0n) is 14.5. The van der Waals surface area contributed by atoms with Crippen LogP contribution in [0, 0.1) is 5.41 Å². The van der Waals surface area contributed by atoms with E-state index in [1.807, 2.05) is 20.8 Å². The third-order valence-corrected chi connectivity index (χ3v) is 6.83. The van der Waals surface area contributed by atoms with Crippen LogP contribution in [-0.2, 0) is 22.5 Å². The van der Waals surface area contributed by atoms with Gasteiger partial charge in [-0.3, -0.25) is 0 Å². The Kier molecular flexibility index (Phi) is 4.78. The van der Waals surface area contributed by atoms with Gasteiger partial charge in [0.05, 0.1) is 12.1 Å². The molecule has 0 amide bonds. The normalized spacial score (nSPS) is 32.0. The van der Waals surface area contributed by atoms with Crippen LogP contribution in [0.15, 0.2) is 24.3 Å². The average Bonchev–Trinajstić information content (AvgIpc) is 2.81. The molecule has 2 aliphatic rings. The first kappa shape index (κ1) is 17.2. The number of hydrogen-bond acceptors (Lipinski definition) is 4. The monoisotopic (exact) mass is 336 g/mol. The molecule has 0 radical (unpaired) electrons. The van der Waals surface area contributed by atoms with E-state index >= 15 is 0 Å². The maximum absolute atomic E-state index is 12.8. The molecule has 3 unspecified atom stereocenters. The first-order chi connectivity index (χ1) is 10.9. The van der Waals surface area contributed by atoms with Crippen molar-refractivity contribution in [2.45, 2.75) is 50.5 Å². The molecule has 2 N–H and O–H groups in total. The van der Waals surface area contributed by atoms with E-state index in [0.717, 1.165) is 25.9 Å². The molecular weight excluding hydrogens is 308 g/mol. The van der Waals surface area contributed by atoms with Gasteiger partial charge in [0.2, 0.25) is 0 Å². The second-order valence-electron chi connectivity index (χ2n) is 7.72. The molecule has 0 aromatic heterocycles. The zero-order valence-corrected chi connectivity index (χ0v) is 15.3. The van der Waals surface area contributed by atoms with E-state index in [-0.39, 0.29) is 22.3 Å². The lowest BCUT2D eigenvalue weighted by Gasteiger charge is -2.45. The highest BCUT2D eigenvalue weighted by Gasteiger charge is 2.54. The fraction of sp³-hybridized carbons (Fsp3) is 0.667. The van der Waals surface area contributed by atoms with Crippen LogP contribution in [-0.4, -0.2) is 35.6 Å². The predicted octanol–water partition coefficient (Wildman–Crippen LogP) is 2.33. The third-order valence-electron chi connectivity index (χ3n) is 5.26. The van der Waals surface area contributed by atoms with Gasteiger partial charge in [-0.15, -0.1) is 4.72 Å². The summed E-state index contributed by atoms with van der Waals surface area (Å²) in [6, 6.07) is 8.63. The van der Waals surface area contributed by atoms with Crippen molar-refractivity contribution in [2.75, 3.05) is 20.2 Å². The summed E-state index contributed by atoms with van der Waals surface area (Å²) in [6.07, 6.45) is 2.14. The van der Waals surface area contributed by atoms with Crippen LogP contribution in [0.2, 0.25) is 0 Å². The van der Waals surface area contributed by atoms with Gasteiger partial charge in [-0.1, -0.05) is 24.3 Å². The average molecular weight is 337 g/mol. The lowest BCUT2D eigenvalue weighted by atomic mass is 9.71. The smallest absolute Gasteiger partial charge is 0.136 e. The van der Waals surface area contributed by atoms with Crippen molar-refractivity contribution in [3.8, 4) is 0 Å². The third kappa shape index (κ3) is 3.05. The first-order valence-electron chi connectivity index (χ1n) is 8.38. The van der Waals surface area contributed by atoms with E-state index < -0.39 is 11.4 Å². The summed E-state index contributed by atoms with van der Waals surface area (Å²) in [7, 11) is 1.79. The van der Waals surface area contributed by atoms with E-state index in [1.165, 1.54) is 11.1 Å². The number of hydrogen-bond donors (Lipinski definition) is 2. The van der Waals surface area contributed by atoms with Gasteiger partial charge in [0.25, 0.3) is 0 Å². The second-order valence-corrected chi connectivity index (χ2v) is 9.72. The number of methoxy groups -OCH3 is 1. The molecule has 23 heavy (non-hydrogen) atoms. The van der Waals surface area contributed by atoms with Crippen molar-refractivity contribution in [1.29, 1.82) is 0 Å². The highest BCUT2D eigenvalue weighted by atomic mass is 32.2. The summed E-state index contributed by atoms with van der Waals surface area (Å²) in [4.78, 5) is 0. The Morgan fingerprint density at radius 3 is 2.78 bits per heavy atom. The van der Waals surface area contributed by atoms with Crippen LogP contribution in [0.25, 0.3) is 0 Å². The van der Waals surface area contributed by atoms with Crippen molar-refractivity contribution < 1.29 is 9.29 Å². The maximum atomic E-state index is 12.8. The molecule has 4 nitrogen and oxygen atoms in total. The molecule has 1 spiro atoms. The molecule has 1 fully saturated rings. The molecule has 4 atom stereocenters. The largest absolute Gasteiger partial charge is 0.598 e. The van der Waals surface area contributed by atoms with Crippen LogP contribution in [0.3, 0.4) is 0 Å². The predicted molar refractivity (Wildman–Crippen MR) is 94.6 cm³/mol. The van der Waals surface area contributed by atoms with Crippen LogP contribution in [0.1, 0.15) is 44.4 Å². The maximum Gasteiger partial charge on any atom is 0.136 e. The SMILES string of the molecule is COC1CNCCC12Cc1ccccc1[C@@H]2N[S+]([O-])C(C)(C)C. The second kappa shape index (κ2) is 6.37. The Bertz CT molecular complexity index is 560. The molecule has 0 bridgehead atoms. The molecule has 1 saturated heterocycles. The van der Waals surface area contributed by atoms with Crippen molar-refractivity contribution in [2.24, 2.45) is 5.41 Å². The summed E-state index contributed by atoms with van der Waals surface area (Å²) < 4.78 is 21.8. The standard InChI is InChI=1S/C18H28N2O2S/c1-17(2,3)23(21)20-16-14-8-6-5-7-13(14)11-18(16)9-10-19-12-15(18)22-4/h5-8,15-16,19-20H,9-12H2,1-4H3/t15?,16-,18?,23?/m0/s1. The molecule has 128 valence electrons. The van der Waals surface area contributed by atoms with Gasteiger partial charge in [0.1, 0.15) is 4.75 Å². The van der Waals surface area contributed by atoms with Crippen molar-refractivity contribution in [3.05, 3.63) is 35.4 Å². The van der Waals surface area contributed by atoms with Gasteiger partial charge in [-0.25, -0.2) is 0 Å². The van der Waals surface area contributed by atoms with Gasteiger partial charge in [-0.2, -0.15) is 0 Å². The number of nitrogens with one attached hydrogen (secondary N) is 2. The molecule has 5 heteroatoms. The molecule has 1 aliphatic carbocycles. The van der Waals surface area contributed by atoms with Crippen LogP contribution < -0.4 is 10.0 Å². The van der Waals surface area contributed by atoms with Crippen LogP contribution in [0.5, 0.6) is 0 Å². The minimum Gasteiger partial charge on any atom is -0.598 e. The summed E-state index contributed by atoms with van der Waals surface area (Å²) in [5.74, 6) is 0. The Morgan fingerprint density at radius 2 is 2.09 bits per heavy atom. The number of rotatable bonds is 3. The first-order valence-corrected chi connectivity index (χ1v) is 9.53. The number of piperidine rings is 1. The number of benzene rings is 1. The van der Waals surface area contributed by atoms with E-state index in [2.05, 4.69) is 34.3 Å². The number of fused-ring (bicyclic) bond motifs is 1. The zero-order chi connectivity index (χ0) is 16.7. The molecular formula is C18H28N2O2S. The summed E-state index contributed by atoms with van der Waals surface area (Å²) in [5, 5.41) is 3.44. The fourth-order valence-electron chi connectivity index (χ4n) is 3.98. The molecule has 1 aromatic carbocycles. The van der Waals surface area contributed by atoms with E-state index in [4.69, 9.17) is 4.74 Å².